The summed E-state index contributed by atoms with van der Waals surface area (Å²) in [6.45, 7) is 5.36. The predicted octanol–water partition coefficient (Wildman–Crippen LogP) is 2.45. The van der Waals surface area contributed by atoms with Gasteiger partial charge in [0, 0.05) is 25.5 Å². The Morgan fingerprint density at radius 3 is 2.37 bits per heavy atom. The summed E-state index contributed by atoms with van der Waals surface area (Å²) in [5.74, 6) is -0.687. The van der Waals surface area contributed by atoms with Crippen LogP contribution < -0.4 is 0 Å². The van der Waals surface area contributed by atoms with Crippen molar-refractivity contribution in [3.05, 3.63) is 30.1 Å². The lowest BCUT2D eigenvalue weighted by Crippen LogP contribution is -2.41. The molecule has 0 amide bonds. The zero-order chi connectivity index (χ0) is 14.3. The number of carboxylic acids is 1. The Balaban J connectivity index is 2.54. The molecular formula is C15H24N2O2. The molecule has 1 heterocycles. The van der Waals surface area contributed by atoms with E-state index in [9.17, 15) is 9.90 Å². The number of likely N-dealkylation sites (N-methyl/N-ethyl adjacent to an activating group) is 1. The first-order chi connectivity index (χ1) is 9.04. The summed E-state index contributed by atoms with van der Waals surface area (Å²) < 4.78 is 0. The first-order valence-electron chi connectivity index (χ1n) is 6.85. The molecule has 1 aromatic rings. The minimum atomic E-state index is -0.687. The van der Waals surface area contributed by atoms with Crippen LogP contribution in [0.3, 0.4) is 0 Å². The minimum Gasteiger partial charge on any atom is -0.481 e. The van der Waals surface area contributed by atoms with Gasteiger partial charge in [0.2, 0.25) is 0 Å². The van der Waals surface area contributed by atoms with Gasteiger partial charge in [-0.3, -0.25) is 9.78 Å². The van der Waals surface area contributed by atoms with Crippen LogP contribution in [0.15, 0.2) is 24.5 Å². The number of hydrogen-bond acceptors (Lipinski definition) is 3. The van der Waals surface area contributed by atoms with Crippen molar-refractivity contribution in [1.29, 1.82) is 0 Å². The quantitative estimate of drug-likeness (QED) is 0.783. The number of carboxylic acid groups (broad SMARTS) is 1. The van der Waals surface area contributed by atoms with Gasteiger partial charge in [-0.2, -0.15) is 0 Å². The van der Waals surface area contributed by atoms with E-state index in [4.69, 9.17) is 0 Å². The van der Waals surface area contributed by atoms with Crippen LogP contribution in [0.2, 0.25) is 0 Å². The second-order valence-electron chi connectivity index (χ2n) is 5.14. The van der Waals surface area contributed by atoms with E-state index in [1.165, 1.54) is 5.56 Å². The Labute approximate surface area is 115 Å². The molecule has 1 rings (SSSR count). The average Bonchev–Trinajstić information content (AvgIpc) is 2.43. The van der Waals surface area contributed by atoms with Gasteiger partial charge in [0.15, 0.2) is 0 Å². The smallest absolute Gasteiger partial charge is 0.310 e. The van der Waals surface area contributed by atoms with Crippen LogP contribution in [-0.4, -0.2) is 41.1 Å². The van der Waals surface area contributed by atoms with E-state index >= 15 is 0 Å². The van der Waals surface area contributed by atoms with Crippen molar-refractivity contribution in [3.8, 4) is 0 Å². The van der Waals surface area contributed by atoms with Gasteiger partial charge in [-0.05, 0) is 44.0 Å². The maximum atomic E-state index is 11.5. The maximum Gasteiger partial charge on any atom is 0.310 e. The molecule has 0 bridgehead atoms. The summed E-state index contributed by atoms with van der Waals surface area (Å²) in [6.07, 6.45) is 5.82. The number of hydrogen-bond donors (Lipinski definition) is 1. The second-order valence-corrected chi connectivity index (χ2v) is 5.14. The van der Waals surface area contributed by atoms with Crippen LogP contribution in [-0.2, 0) is 11.2 Å². The van der Waals surface area contributed by atoms with Gasteiger partial charge < -0.3 is 10.0 Å². The molecule has 0 saturated carbocycles. The first-order valence-corrected chi connectivity index (χ1v) is 6.85. The molecule has 0 radical (unpaired) electrons. The minimum absolute atomic E-state index is 0.598. The van der Waals surface area contributed by atoms with Crippen LogP contribution in [0.4, 0.5) is 0 Å². The van der Waals surface area contributed by atoms with Crippen molar-refractivity contribution in [2.45, 2.75) is 33.1 Å². The standard InChI is InChI=1S/C15H24N2O2/c1-4-15(5-2,14(18)19)12-17(3)11-8-13-6-9-16-10-7-13/h6-7,9-10H,4-5,8,11-12H2,1-3H3,(H,18,19). The summed E-state index contributed by atoms with van der Waals surface area (Å²) in [5, 5.41) is 9.42. The fourth-order valence-electron chi connectivity index (χ4n) is 2.31. The van der Waals surface area contributed by atoms with E-state index < -0.39 is 11.4 Å². The SMILES string of the molecule is CCC(CC)(CN(C)CCc1ccncc1)C(=O)O. The Kier molecular flexibility index (Phi) is 5.96. The zero-order valence-corrected chi connectivity index (χ0v) is 12.1. The molecular weight excluding hydrogens is 240 g/mol. The van der Waals surface area contributed by atoms with E-state index in [1.807, 2.05) is 33.0 Å². The monoisotopic (exact) mass is 264 g/mol. The molecule has 0 aliphatic rings. The molecule has 0 aliphatic carbocycles. The summed E-state index contributed by atoms with van der Waals surface area (Å²) >= 11 is 0. The van der Waals surface area contributed by atoms with Gasteiger partial charge in [0.1, 0.15) is 0 Å². The van der Waals surface area contributed by atoms with Crippen molar-refractivity contribution in [2.75, 3.05) is 20.1 Å². The second kappa shape index (κ2) is 7.24. The Bertz CT molecular complexity index is 388. The van der Waals surface area contributed by atoms with Crippen molar-refractivity contribution in [3.63, 3.8) is 0 Å². The lowest BCUT2D eigenvalue weighted by Gasteiger charge is -2.31. The highest BCUT2D eigenvalue weighted by Gasteiger charge is 2.35. The van der Waals surface area contributed by atoms with Gasteiger partial charge in [0.05, 0.1) is 5.41 Å². The predicted molar refractivity (Wildman–Crippen MR) is 76.1 cm³/mol. The molecule has 1 aromatic heterocycles. The lowest BCUT2D eigenvalue weighted by atomic mass is 9.82. The number of rotatable bonds is 8. The third kappa shape index (κ3) is 4.31. The maximum absolute atomic E-state index is 11.5. The van der Waals surface area contributed by atoms with Gasteiger partial charge in [-0.25, -0.2) is 0 Å². The summed E-state index contributed by atoms with van der Waals surface area (Å²) in [7, 11) is 1.99. The molecule has 0 atom stereocenters. The highest BCUT2D eigenvalue weighted by molar-refractivity contribution is 5.74. The summed E-state index contributed by atoms with van der Waals surface area (Å²) in [5.41, 5.74) is 0.614. The largest absolute Gasteiger partial charge is 0.481 e. The molecule has 0 spiro atoms. The number of aliphatic carboxylic acids is 1. The molecule has 106 valence electrons. The third-order valence-corrected chi connectivity index (χ3v) is 3.91. The van der Waals surface area contributed by atoms with Gasteiger partial charge in [-0.1, -0.05) is 13.8 Å². The van der Waals surface area contributed by atoms with E-state index in [0.717, 1.165) is 13.0 Å². The Morgan fingerprint density at radius 2 is 1.89 bits per heavy atom. The van der Waals surface area contributed by atoms with E-state index in [1.54, 1.807) is 12.4 Å². The van der Waals surface area contributed by atoms with Crippen LogP contribution in [0.5, 0.6) is 0 Å². The fourth-order valence-corrected chi connectivity index (χ4v) is 2.31. The summed E-state index contributed by atoms with van der Waals surface area (Å²) in [4.78, 5) is 17.6. The number of nitrogens with zero attached hydrogens (tertiary/aromatic N) is 2. The van der Waals surface area contributed by atoms with Crippen LogP contribution in [0.1, 0.15) is 32.3 Å². The Morgan fingerprint density at radius 1 is 1.32 bits per heavy atom. The van der Waals surface area contributed by atoms with Crippen molar-refractivity contribution >= 4 is 5.97 Å². The molecule has 19 heavy (non-hydrogen) atoms. The van der Waals surface area contributed by atoms with Crippen molar-refractivity contribution < 1.29 is 9.90 Å². The van der Waals surface area contributed by atoms with E-state index in [2.05, 4.69) is 9.88 Å². The molecule has 0 fully saturated rings. The number of aromatic nitrogens is 1. The molecule has 0 unspecified atom stereocenters. The van der Waals surface area contributed by atoms with Crippen LogP contribution >= 0.6 is 0 Å². The summed E-state index contributed by atoms with van der Waals surface area (Å²) in [6, 6.07) is 4.00. The van der Waals surface area contributed by atoms with Crippen molar-refractivity contribution in [1.82, 2.24) is 9.88 Å². The van der Waals surface area contributed by atoms with Crippen LogP contribution in [0.25, 0.3) is 0 Å². The lowest BCUT2D eigenvalue weighted by molar-refractivity contribution is -0.150. The average molecular weight is 264 g/mol. The molecule has 4 nitrogen and oxygen atoms in total. The fraction of sp³-hybridized carbons (Fsp3) is 0.600. The first kappa shape index (κ1) is 15.6. The van der Waals surface area contributed by atoms with Gasteiger partial charge in [-0.15, -0.1) is 0 Å². The molecule has 0 aromatic carbocycles. The van der Waals surface area contributed by atoms with Crippen LogP contribution in [0, 0.1) is 5.41 Å². The van der Waals surface area contributed by atoms with Crippen molar-refractivity contribution in [2.24, 2.45) is 5.41 Å². The van der Waals surface area contributed by atoms with E-state index in [-0.39, 0.29) is 0 Å². The highest BCUT2D eigenvalue weighted by Crippen LogP contribution is 2.27. The topological polar surface area (TPSA) is 53.4 Å². The molecule has 1 N–H and O–H groups in total. The third-order valence-electron chi connectivity index (χ3n) is 3.91. The normalized spacial score (nSPS) is 11.8. The molecule has 0 saturated heterocycles. The number of carbonyl (C=O) groups is 1. The Hall–Kier alpha value is -1.42. The molecule has 0 aliphatic heterocycles. The van der Waals surface area contributed by atoms with Gasteiger partial charge in [0.25, 0.3) is 0 Å². The van der Waals surface area contributed by atoms with E-state index in [0.29, 0.717) is 19.4 Å². The number of pyridine rings is 1. The zero-order valence-electron chi connectivity index (χ0n) is 12.1. The van der Waals surface area contributed by atoms with Gasteiger partial charge >= 0.3 is 5.97 Å². The molecule has 4 heteroatoms. The highest BCUT2D eigenvalue weighted by atomic mass is 16.4.